The number of carbonyl (C=O) groups is 1. The number of carboxylic acid groups (broad SMARTS) is 1. The molecule has 0 aliphatic heterocycles. The lowest BCUT2D eigenvalue weighted by Crippen LogP contribution is -2.32. The molecule has 20 heavy (non-hydrogen) atoms. The molecule has 0 aliphatic rings. The SMILES string of the molecule is Cl.N[C@@H](Cc1ccc(N(CCO)CCCl)cc1)C(=O)O. The molecule has 0 heterocycles. The normalized spacial score (nSPS) is 11.6. The van der Waals surface area contributed by atoms with Gasteiger partial charge in [0.1, 0.15) is 6.04 Å². The van der Waals surface area contributed by atoms with Gasteiger partial charge in [0.05, 0.1) is 6.61 Å². The summed E-state index contributed by atoms with van der Waals surface area (Å²) in [6.07, 6.45) is 0.297. The van der Waals surface area contributed by atoms with Crippen LogP contribution >= 0.6 is 24.0 Å². The fourth-order valence-electron chi connectivity index (χ4n) is 1.78. The predicted molar refractivity (Wildman–Crippen MR) is 83.0 cm³/mol. The van der Waals surface area contributed by atoms with Gasteiger partial charge in [0.25, 0.3) is 0 Å². The molecule has 0 aliphatic carbocycles. The van der Waals surface area contributed by atoms with Crippen molar-refractivity contribution in [2.24, 2.45) is 5.73 Å². The molecule has 0 aromatic heterocycles. The summed E-state index contributed by atoms with van der Waals surface area (Å²) in [5.41, 5.74) is 7.30. The number of aliphatic hydroxyl groups is 1. The van der Waals surface area contributed by atoms with Crippen molar-refractivity contribution in [3.05, 3.63) is 29.8 Å². The molecule has 0 bridgehead atoms. The molecule has 0 fully saturated rings. The van der Waals surface area contributed by atoms with Crippen LogP contribution in [-0.2, 0) is 11.2 Å². The molecule has 7 heteroatoms. The minimum Gasteiger partial charge on any atom is -0.480 e. The van der Waals surface area contributed by atoms with Gasteiger partial charge in [-0.1, -0.05) is 12.1 Å². The fraction of sp³-hybridized carbons (Fsp3) is 0.462. The zero-order valence-corrected chi connectivity index (χ0v) is 12.6. The Morgan fingerprint density at radius 3 is 2.35 bits per heavy atom. The highest BCUT2D eigenvalue weighted by Crippen LogP contribution is 2.16. The molecule has 0 radical (unpaired) electrons. The maximum absolute atomic E-state index is 10.7. The molecular weight excluding hydrogens is 303 g/mol. The number of alkyl halides is 1. The fourth-order valence-corrected chi connectivity index (χ4v) is 1.98. The van der Waals surface area contributed by atoms with Gasteiger partial charge in [-0.3, -0.25) is 4.79 Å². The van der Waals surface area contributed by atoms with Crippen LogP contribution in [0, 0.1) is 0 Å². The topological polar surface area (TPSA) is 86.8 Å². The standard InChI is InChI=1S/C13H19ClN2O3.ClH/c14-5-6-16(7-8-17)11-3-1-10(2-4-11)9-12(15)13(18)19;/h1-4,12,17H,5-9,15H2,(H,18,19);1H/t12-;/m0./s1. The zero-order chi connectivity index (χ0) is 14.3. The Balaban J connectivity index is 0.00000361. The van der Waals surface area contributed by atoms with E-state index in [-0.39, 0.29) is 19.0 Å². The summed E-state index contributed by atoms with van der Waals surface area (Å²) in [7, 11) is 0. The molecule has 0 saturated heterocycles. The molecule has 1 rings (SSSR count). The number of hydrogen-bond donors (Lipinski definition) is 3. The van der Waals surface area contributed by atoms with E-state index in [2.05, 4.69) is 0 Å². The predicted octanol–water partition coefficient (Wildman–Crippen LogP) is 1.10. The summed E-state index contributed by atoms with van der Waals surface area (Å²) >= 11 is 5.71. The van der Waals surface area contributed by atoms with Crippen LogP contribution < -0.4 is 10.6 Å². The highest BCUT2D eigenvalue weighted by molar-refractivity contribution is 6.18. The maximum Gasteiger partial charge on any atom is 0.320 e. The summed E-state index contributed by atoms with van der Waals surface area (Å²) in [4.78, 5) is 12.6. The Morgan fingerprint density at radius 1 is 1.30 bits per heavy atom. The van der Waals surface area contributed by atoms with Crippen molar-refractivity contribution in [2.75, 3.05) is 30.5 Å². The van der Waals surface area contributed by atoms with Gasteiger partial charge in [0, 0.05) is 24.7 Å². The Bertz CT molecular complexity index is 395. The van der Waals surface area contributed by atoms with Gasteiger partial charge >= 0.3 is 5.97 Å². The van der Waals surface area contributed by atoms with Crippen molar-refractivity contribution in [3.8, 4) is 0 Å². The number of aliphatic hydroxyl groups excluding tert-OH is 1. The largest absolute Gasteiger partial charge is 0.480 e. The van der Waals surface area contributed by atoms with Crippen LogP contribution in [0.25, 0.3) is 0 Å². The van der Waals surface area contributed by atoms with Gasteiger partial charge in [0.2, 0.25) is 0 Å². The van der Waals surface area contributed by atoms with E-state index >= 15 is 0 Å². The molecule has 4 N–H and O–H groups in total. The molecule has 5 nitrogen and oxygen atoms in total. The van der Waals surface area contributed by atoms with Crippen LogP contribution in [0.2, 0.25) is 0 Å². The smallest absolute Gasteiger partial charge is 0.320 e. The molecule has 0 amide bonds. The average Bonchev–Trinajstić information content (AvgIpc) is 2.39. The summed E-state index contributed by atoms with van der Waals surface area (Å²) in [6, 6.07) is 6.56. The molecule has 1 aromatic rings. The van der Waals surface area contributed by atoms with Crippen LogP contribution in [0.3, 0.4) is 0 Å². The van der Waals surface area contributed by atoms with Crippen molar-refractivity contribution in [3.63, 3.8) is 0 Å². The molecule has 0 saturated carbocycles. The molecule has 0 spiro atoms. The third-order valence-electron chi connectivity index (χ3n) is 2.80. The first-order chi connectivity index (χ1) is 9.08. The summed E-state index contributed by atoms with van der Waals surface area (Å²) in [5.74, 6) is -0.529. The minimum atomic E-state index is -1.01. The lowest BCUT2D eigenvalue weighted by Gasteiger charge is -2.23. The summed E-state index contributed by atoms with van der Waals surface area (Å²) in [6.45, 7) is 1.22. The molecule has 1 aromatic carbocycles. The zero-order valence-electron chi connectivity index (χ0n) is 11.0. The second kappa shape index (κ2) is 9.83. The van der Waals surface area contributed by atoms with E-state index < -0.39 is 12.0 Å². The summed E-state index contributed by atoms with van der Waals surface area (Å²) < 4.78 is 0. The minimum absolute atomic E-state index is 0. The monoisotopic (exact) mass is 322 g/mol. The van der Waals surface area contributed by atoms with Crippen molar-refractivity contribution in [2.45, 2.75) is 12.5 Å². The molecule has 1 atom stereocenters. The lowest BCUT2D eigenvalue weighted by atomic mass is 10.1. The number of aliphatic carboxylic acids is 1. The Labute approximate surface area is 129 Å². The first-order valence-electron chi connectivity index (χ1n) is 6.07. The first kappa shape index (κ1) is 19.0. The van der Waals surface area contributed by atoms with Gasteiger partial charge in [-0.15, -0.1) is 24.0 Å². The van der Waals surface area contributed by atoms with Crippen molar-refractivity contribution in [1.29, 1.82) is 0 Å². The number of nitrogens with two attached hydrogens (primary N) is 1. The quantitative estimate of drug-likeness (QED) is 0.624. The number of hydrogen-bond acceptors (Lipinski definition) is 4. The Morgan fingerprint density at radius 2 is 1.90 bits per heavy atom. The highest BCUT2D eigenvalue weighted by Gasteiger charge is 2.12. The maximum atomic E-state index is 10.7. The number of carboxylic acids is 1. The van der Waals surface area contributed by atoms with Crippen molar-refractivity contribution >= 4 is 35.7 Å². The molecule has 114 valence electrons. The van der Waals surface area contributed by atoms with Crippen LogP contribution in [-0.4, -0.2) is 47.8 Å². The molecular formula is C13H20Cl2N2O3. The van der Waals surface area contributed by atoms with E-state index in [0.29, 0.717) is 25.4 Å². The van der Waals surface area contributed by atoms with E-state index in [9.17, 15) is 4.79 Å². The number of nitrogens with zero attached hydrogens (tertiary/aromatic N) is 1. The van der Waals surface area contributed by atoms with Crippen LogP contribution in [0.5, 0.6) is 0 Å². The van der Waals surface area contributed by atoms with E-state index in [0.717, 1.165) is 11.3 Å². The number of halogens is 2. The van der Waals surface area contributed by atoms with E-state index in [1.807, 2.05) is 29.2 Å². The third kappa shape index (κ3) is 5.96. The van der Waals surface area contributed by atoms with Gasteiger partial charge in [-0.25, -0.2) is 0 Å². The van der Waals surface area contributed by atoms with Crippen LogP contribution in [0.1, 0.15) is 5.56 Å². The van der Waals surface area contributed by atoms with Crippen molar-refractivity contribution < 1.29 is 15.0 Å². The van der Waals surface area contributed by atoms with E-state index in [1.54, 1.807) is 0 Å². The number of benzene rings is 1. The highest BCUT2D eigenvalue weighted by atomic mass is 35.5. The summed E-state index contributed by atoms with van der Waals surface area (Å²) in [5, 5.41) is 17.7. The molecule has 0 unspecified atom stereocenters. The number of anilines is 1. The van der Waals surface area contributed by atoms with Gasteiger partial charge in [-0.05, 0) is 24.1 Å². The van der Waals surface area contributed by atoms with E-state index in [1.165, 1.54) is 0 Å². The van der Waals surface area contributed by atoms with E-state index in [4.69, 9.17) is 27.5 Å². The first-order valence-corrected chi connectivity index (χ1v) is 6.61. The van der Waals surface area contributed by atoms with Crippen molar-refractivity contribution in [1.82, 2.24) is 0 Å². The average molecular weight is 323 g/mol. The lowest BCUT2D eigenvalue weighted by molar-refractivity contribution is -0.138. The second-order valence-electron chi connectivity index (χ2n) is 4.21. The van der Waals surface area contributed by atoms with Crippen LogP contribution in [0.15, 0.2) is 24.3 Å². The Hall–Kier alpha value is -1.01. The van der Waals surface area contributed by atoms with Gasteiger partial charge in [0.15, 0.2) is 0 Å². The Kier molecular flexibility index (Phi) is 9.33. The van der Waals surface area contributed by atoms with Gasteiger partial charge in [-0.2, -0.15) is 0 Å². The third-order valence-corrected chi connectivity index (χ3v) is 2.97. The number of rotatable bonds is 8. The van der Waals surface area contributed by atoms with Crippen LogP contribution in [0.4, 0.5) is 5.69 Å². The van der Waals surface area contributed by atoms with Gasteiger partial charge < -0.3 is 20.8 Å². The second-order valence-corrected chi connectivity index (χ2v) is 4.59.